The van der Waals surface area contributed by atoms with Crippen LogP contribution in [-0.2, 0) is 4.79 Å². The molecule has 5 heteroatoms. The minimum atomic E-state index is -0.990. The lowest BCUT2D eigenvalue weighted by atomic mass is 9.93. The molecule has 116 valence electrons. The van der Waals surface area contributed by atoms with E-state index < -0.39 is 5.97 Å². The summed E-state index contributed by atoms with van der Waals surface area (Å²) in [5.41, 5.74) is 0.924. The van der Waals surface area contributed by atoms with Gasteiger partial charge in [-0.25, -0.2) is 4.79 Å². The number of methoxy groups -OCH3 is 1. The molecule has 0 fully saturated rings. The average Bonchev–Trinajstić information content (AvgIpc) is 2.36. The highest BCUT2D eigenvalue weighted by atomic mass is 79.9. The summed E-state index contributed by atoms with van der Waals surface area (Å²) in [6.45, 7) is 7.05. The number of hydrogen-bond donors (Lipinski definition) is 1. The van der Waals surface area contributed by atoms with E-state index in [1.807, 2.05) is 0 Å². The first kappa shape index (κ1) is 17.6. The zero-order valence-corrected chi connectivity index (χ0v) is 14.4. The molecule has 0 amide bonds. The van der Waals surface area contributed by atoms with Crippen molar-refractivity contribution in [2.24, 2.45) is 5.41 Å². The van der Waals surface area contributed by atoms with Crippen molar-refractivity contribution in [3.8, 4) is 11.5 Å². The summed E-state index contributed by atoms with van der Waals surface area (Å²) in [5, 5.41) is 8.66. The van der Waals surface area contributed by atoms with Crippen LogP contribution in [0.25, 0.3) is 6.08 Å². The Morgan fingerprint density at radius 1 is 1.38 bits per heavy atom. The van der Waals surface area contributed by atoms with Crippen LogP contribution in [0.1, 0.15) is 32.8 Å². The largest absolute Gasteiger partial charge is 0.493 e. The van der Waals surface area contributed by atoms with Gasteiger partial charge >= 0.3 is 5.97 Å². The van der Waals surface area contributed by atoms with Gasteiger partial charge < -0.3 is 14.6 Å². The van der Waals surface area contributed by atoms with Crippen molar-refractivity contribution < 1.29 is 19.4 Å². The monoisotopic (exact) mass is 356 g/mol. The van der Waals surface area contributed by atoms with Gasteiger partial charge in [0, 0.05) is 6.08 Å². The van der Waals surface area contributed by atoms with Crippen molar-refractivity contribution in [1.82, 2.24) is 0 Å². The maximum absolute atomic E-state index is 10.6. The molecule has 1 aromatic carbocycles. The molecule has 0 spiro atoms. The fraction of sp³-hybridized carbons (Fsp3) is 0.438. The number of ether oxygens (including phenoxy) is 2. The summed E-state index contributed by atoms with van der Waals surface area (Å²) in [4.78, 5) is 10.6. The van der Waals surface area contributed by atoms with E-state index in [1.165, 1.54) is 6.08 Å². The highest BCUT2D eigenvalue weighted by molar-refractivity contribution is 9.10. The topological polar surface area (TPSA) is 55.8 Å². The summed E-state index contributed by atoms with van der Waals surface area (Å²) in [5.74, 6) is 0.216. The Morgan fingerprint density at radius 3 is 2.57 bits per heavy atom. The van der Waals surface area contributed by atoms with E-state index in [-0.39, 0.29) is 5.41 Å². The zero-order valence-electron chi connectivity index (χ0n) is 12.8. The number of carboxylic acid groups (broad SMARTS) is 1. The molecule has 0 unspecified atom stereocenters. The van der Waals surface area contributed by atoms with Crippen molar-refractivity contribution in [2.45, 2.75) is 27.2 Å². The maximum atomic E-state index is 10.6. The number of carbonyl (C=O) groups is 1. The van der Waals surface area contributed by atoms with Crippen molar-refractivity contribution in [1.29, 1.82) is 0 Å². The number of carboxylic acids is 1. The third kappa shape index (κ3) is 6.21. The highest BCUT2D eigenvalue weighted by Gasteiger charge is 2.14. The van der Waals surface area contributed by atoms with E-state index >= 15 is 0 Å². The molecule has 0 saturated heterocycles. The van der Waals surface area contributed by atoms with Crippen molar-refractivity contribution in [2.75, 3.05) is 13.7 Å². The third-order valence-corrected chi connectivity index (χ3v) is 3.36. The van der Waals surface area contributed by atoms with Crippen LogP contribution < -0.4 is 9.47 Å². The van der Waals surface area contributed by atoms with Crippen molar-refractivity contribution in [3.63, 3.8) is 0 Å². The Hall–Kier alpha value is -1.49. The Labute approximate surface area is 133 Å². The van der Waals surface area contributed by atoms with Crippen molar-refractivity contribution in [3.05, 3.63) is 28.2 Å². The number of benzene rings is 1. The Bertz CT molecular complexity index is 530. The van der Waals surface area contributed by atoms with Gasteiger partial charge in [-0.05, 0) is 51.5 Å². The van der Waals surface area contributed by atoms with Crippen LogP contribution in [0.2, 0.25) is 0 Å². The van der Waals surface area contributed by atoms with Crippen molar-refractivity contribution >= 4 is 28.0 Å². The van der Waals surface area contributed by atoms with Crippen LogP contribution in [0.15, 0.2) is 22.7 Å². The molecule has 0 aromatic heterocycles. The van der Waals surface area contributed by atoms with Gasteiger partial charge in [-0.3, -0.25) is 0 Å². The molecule has 0 heterocycles. The molecular weight excluding hydrogens is 336 g/mol. The summed E-state index contributed by atoms with van der Waals surface area (Å²) in [6.07, 6.45) is 3.51. The van der Waals surface area contributed by atoms with Crippen LogP contribution in [-0.4, -0.2) is 24.8 Å². The van der Waals surface area contributed by atoms with Gasteiger partial charge in [0.15, 0.2) is 11.5 Å². The number of hydrogen-bond acceptors (Lipinski definition) is 3. The minimum Gasteiger partial charge on any atom is -0.493 e. The van der Waals surface area contributed by atoms with E-state index in [1.54, 1.807) is 19.2 Å². The smallest absolute Gasteiger partial charge is 0.328 e. The Morgan fingerprint density at radius 2 is 2.05 bits per heavy atom. The van der Waals surface area contributed by atoms with Gasteiger partial charge in [-0.2, -0.15) is 0 Å². The van der Waals surface area contributed by atoms with E-state index in [0.717, 1.165) is 22.5 Å². The first-order valence-electron chi connectivity index (χ1n) is 6.64. The zero-order chi connectivity index (χ0) is 16.0. The maximum Gasteiger partial charge on any atom is 0.328 e. The molecular formula is C16H21BrO4. The second kappa shape index (κ2) is 7.50. The quantitative estimate of drug-likeness (QED) is 0.768. The van der Waals surface area contributed by atoms with E-state index in [9.17, 15) is 4.79 Å². The summed E-state index contributed by atoms with van der Waals surface area (Å²) in [6, 6.07) is 3.55. The summed E-state index contributed by atoms with van der Waals surface area (Å²) >= 11 is 3.44. The number of halogens is 1. The molecule has 0 aliphatic heterocycles. The van der Waals surface area contributed by atoms with E-state index in [4.69, 9.17) is 14.6 Å². The Balaban J connectivity index is 2.92. The predicted octanol–water partition coefficient (Wildman–Crippen LogP) is 4.37. The summed E-state index contributed by atoms with van der Waals surface area (Å²) in [7, 11) is 1.56. The van der Waals surface area contributed by atoms with E-state index in [2.05, 4.69) is 36.7 Å². The molecule has 1 rings (SSSR count). The first-order chi connectivity index (χ1) is 9.73. The molecule has 4 nitrogen and oxygen atoms in total. The molecule has 0 aliphatic rings. The molecule has 0 aliphatic carbocycles. The SMILES string of the molecule is COc1cc(C=CC(=O)O)cc(Br)c1OCCC(C)(C)C. The van der Waals surface area contributed by atoms with Gasteiger partial charge in [-0.1, -0.05) is 20.8 Å². The number of aliphatic carboxylic acids is 1. The molecule has 0 bridgehead atoms. The lowest BCUT2D eigenvalue weighted by molar-refractivity contribution is -0.131. The fourth-order valence-electron chi connectivity index (χ4n) is 1.60. The molecule has 0 radical (unpaired) electrons. The van der Waals surface area contributed by atoms with Crippen LogP contribution in [0.4, 0.5) is 0 Å². The van der Waals surface area contributed by atoms with Gasteiger partial charge in [0.2, 0.25) is 0 Å². The first-order valence-corrected chi connectivity index (χ1v) is 7.43. The lowest BCUT2D eigenvalue weighted by Gasteiger charge is -2.19. The average molecular weight is 357 g/mol. The molecule has 1 N–H and O–H groups in total. The van der Waals surface area contributed by atoms with Gasteiger partial charge in [0.25, 0.3) is 0 Å². The molecule has 0 saturated carbocycles. The molecule has 1 aromatic rings. The van der Waals surface area contributed by atoms with Gasteiger partial charge in [0.1, 0.15) is 0 Å². The lowest BCUT2D eigenvalue weighted by Crippen LogP contribution is -2.11. The number of rotatable bonds is 6. The van der Waals surface area contributed by atoms with Gasteiger partial charge in [0.05, 0.1) is 18.2 Å². The Kier molecular flexibility index (Phi) is 6.27. The van der Waals surface area contributed by atoms with Crippen LogP contribution in [0.5, 0.6) is 11.5 Å². The van der Waals surface area contributed by atoms with E-state index in [0.29, 0.717) is 18.1 Å². The normalized spacial score (nSPS) is 11.7. The van der Waals surface area contributed by atoms with Gasteiger partial charge in [-0.15, -0.1) is 0 Å². The molecule has 21 heavy (non-hydrogen) atoms. The van der Waals surface area contributed by atoms with Crippen LogP contribution in [0.3, 0.4) is 0 Å². The van der Waals surface area contributed by atoms with Crippen LogP contribution in [0, 0.1) is 5.41 Å². The fourth-order valence-corrected chi connectivity index (χ4v) is 2.18. The second-order valence-corrected chi connectivity index (χ2v) is 6.72. The molecule has 0 atom stereocenters. The predicted molar refractivity (Wildman–Crippen MR) is 86.9 cm³/mol. The minimum absolute atomic E-state index is 0.198. The highest BCUT2D eigenvalue weighted by Crippen LogP contribution is 2.37. The standard InChI is InChI=1S/C16H21BrO4/c1-16(2,3)7-8-21-15-12(17)9-11(5-6-14(18)19)10-13(15)20-4/h5-6,9-10H,7-8H2,1-4H3,(H,18,19). The third-order valence-electron chi connectivity index (χ3n) is 2.77. The summed E-state index contributed by atoms with van der Waals surface area (Å²) < 4.78 is 11.9. The van der Waals surface area contributed by atoms with Crippen LogP contribution >= 0.6 is 15.9 Å². The second-order valence-electron chi connectivity index (χ2n) is 5.86.